The van der Waals surface area contributed by atoms with Gasteiger partial charge in [0.15, 0.2) is 0 Å². The van der Waals surface area contributed by atoms with Gasteiger partial charge in [-0.05, 0) is 76.3 Å². The minimum absolute atomic E-state index is 0.397. The fraction of sp³-hybridized carbons (Fsp3) is 0.643. The zero-order chi connectivity index (χ0) is 25.7. The molecule has 1 aromatic carbocycles. The number of rotatable bonds is 4. The van der Waals surface area contributed by atoms with Crippen molar-refractivity contribution in [3.8, 4) is 0 Å². The number of likely N-dealkylation sites (tertiary alicyclic amines) is 1. The second kappa shape index (κ2) is 21.0. The van der Waals surface area contributed by atoms with Gasteiger partial charge in [-0.15, -0.1) is 0 Å². The zero-order valence-corrected chi connectivity index (χ0v) is 22.0. The first-order valence-corrected chi connectivity index (χ1v) is 12.6. The molecule has 1 aromatic rings. The predicted molar refractivity (Wildman–Crippen MR) is 140 cm³/mol. The molecule has 1 N–H and O–H groups in total. The van der Waals surface area contributed by atoms with E-state index in [2.05, 4.69) is 23.4 Å². The minimum atomic E-state index is -4.12. The third-order valence-electron chi connectivity index (χ3n) is 5.30. The van der Waals surface area contributed by atoms with Crippen molar-refractivity contribution >= 4 is 0 Å². The normalized spacial score (nSPS) is 19.7. The highest BCUT2D eigenvalue weighted by Gasteiger charge is 2.30. The summed E-state index contributed by atoms with van der Waals surface area (Å²) in [6, 6.07) is 7.81. The highest BCUT2D eigenvalue weighted by Crippen LogP contribution is 2.36. The Hall–Kier alpha value is -1.59. The number of hydrogen-bond acceptors (Lipinski definition) is 2. The SMILES string of the molecule is C=CC=C.CC.CC.CNC.FC(F)(F)Cc1cccc(C2CCCC(N3CCCC3)C2)c1. The largest absolute Gasteiger partial charge is 0.393 e. The number of allylic oxidation sites excluding steroid dienone is 2. The van der Waals surface area contributed by atoms with Crippen molar-refractivity contribution in [2.75, 3.05) is 27.2 Å². The molecule has 33 heavy (non-hydrogen) atoms. The highest BCUT2D eigenvalue weighted by atomic mass is 19.4. The van der Waals surface area contributed by atoms with Crippen molar-refractivity contribution < 1.29 is 13.2 Å². The standard InChI is InChI=1S/C18H24F3N.C4H6.C2H7N.2C2H6/c19-18(20,21)13-14-5-3-6-15(11-14)16-7-4-8-17(12-16)22-9-1-2-10-22;1-3-4-2;1-3-2;2*1-2/h3,5-6,11,16-17H,1-2,4,7-10,12-13H2;3-4H,1-2H2;3H,1-2H3;2*1-2H3. The van der Waals surface area contributed by atoms with Crippen LogP contribution in [-0.2, 0) is 6.42 Å². The number of halogens is 3. The van der Waals surface area contributed by atoms with Crippen LogP contribution in [0.3, 0.4) is 0 Å². The summed E-state index contributed by atoms with van der Waals surface area (Å²) in [6.45, 7) is 17.1. The van der Waals surface area contributed by atoms with Crippen LogP contribution < -0.4 is 5.32 Å². The summed E-state index contributed by atoms with van der Waals surface area (Å²) in [6.07, 6.45) is 5.58. The van der Waals surface area contributed by atoms with Gasteiger partial charge < -0.3 is 10.2 Å². The quantitative estimate of drug-likeness (QED) is 0.447. The van der Waals surface area contributed by atoms with Gasteiger partial charge in [0.05, 0.1) is 6.42 Å². The van der Waals surface area contributed by atoms with Gasteiger partial charge in [-0.2, -0.15) is 13.2 Å². The highest BCUT2D eigenvalue weighted by molar-refractivity contribution is 5.27. The molecular weight excluding hydrogens is 421 g/mol. The lowest BCUT2D eigenvalue weighted by atomic mass is 9.80. The second-order valence-corrected chi connectivity index (χ2v) is 7.77. The molecule has 5 heteroatoms. The molecule has 0 radical (unpaired) electrons. The van der Waals surface area contributed by atoms with Crippen molar-refractivity contribution in [1.29, 1.82) is 0 Å². The maximum atomic E-state index is 12.6. The third-order valence-corrected chi connectivity index (χ3v) is 5.30. The Balaban J connectivity index is 0. The third kappa shape index (κ3) is 15.8. The Kier molecular flexibility index (Phi) is 21.3. The molecular formula is C28H49F3N2. The summed E-state index contributed by atoms with van der Waals surface area (Å²) in [5, 5.41) is 2.75. The summed E-state index contributed by atoms with van der Waals surface area (Å²) in [4.78, 5) is 2.59. The molecule has 1 saturated heterocycles. The molecule has 1 saturated carbocycles. The lowest BCUT2D eigenvalue weighted by Crippen LogP contribution is -2.36. The van der Waals surface area contributed by atoms with Gasteiger partial charge >= 0.3 is 6.18 Å². The van der Waals surface area contributed by atoms with Crippen molar-refractivity contribution in [2.45, 2.75) is 90.8 Å². The molecule has 2 fully saturated rings. The molecule has 1 aliphatic heterocycles. The van der Waals surface area contributed by atoms with E-state index in [4.69, 9.17) is 0 Å². The lowest BCUT2D eigenvalue weighted by Gasteiger charge is -2.35. The number of hydrogen-bond donors (Lipinski definition) is 1. The first-order chi connectivity index (χ1) is 15.8. The Morgan fingerprint density at radius 2 is 1.52 bits per heavy atom. The van der Waals surface area contributed by atoms with Gasteiger partial charge in [0.25, 0.3) is 0 Å². The summed E-state index contributed by atoms with van der Waals surface area (Å²) in [5.74, 6) is 0.424. The molecule has 2 nitrogen and oxygen atoms in total. The molecule has 1 heterocycles. The first kappa shape index (κ1) is 33.6. The number of benzene rings is 1. The van der Waals surface area contributed by atoms with Gasteiger partial charge in [-0.25, -0.2) is 0 Å². The van der Waals surface area contributed by atoms with Crippen LogP contribution in [0.5, 0.6) is 0 Å². The van der Waals surface area contributed by atoms with Gasteiger partial charge in [-0.3, -0.25) is 0 Å². The molecule has 2 unspecified atom stereocenters. The maximum absolute atomic E-state index is 12.6. The Morgan fingerprint density at radius 3 is 2.00 bits per heavy atom. The van der Waals surface area contributed by atoms with Gasteiger partial charge in [0, 0.05) is 6.04 Å². The first-order valence-electron chi connectivity index (χ1n) is 12.6. The van der Waals surface area contributed by atoms with Crippen LogP contribution in [0.2, 0.25) is 0 Å². The number of nitrogens with one attached hydrogen (secondary N) is 1. The van der Waals surface area contributed by atoms with Gasteiger partial charge in [0.1, 0.15) is 0 Å². The van der Waals surface area contributed by atoms with E-state index >= 15 is 0 Å². The van der Waals surface area contributed by atoms with Crippen LogP contribution >= 0.6 is 0 Å². The average Bonchev–Trinajstić information content (AvgIpc) is 3.37. The fourth-order valence-electron chi connectivity index (χ4n) is 4.09. The van der Waals surface area contributed by atoms with Gasteiger partial charge in [-0.1, -0.05) is 83.7 Å². The molecule has 2 aliphatic rings. The van der Waals surface area contributed by atoms with Crippen LogP contribution in [0, 0.1) is 0 Å². The molecule has 0 aromatic heterocycles. The van der Waals surface area contributed by atoms with Crippen molar-refractivity contribution in [1.82, 2.24) is 10.2 Å². The van der Waals surface area contributed by atoms with E-state index in [0.29, 0.717) is 17.5 Å². The van der Waals surface area contributed by atoms with E-state index in [1.54, 1.807) is 30.4 Å². The summed E-state index contributed by atoms with van der Waals surface area (Å²) in [7, 11) is 3.75. The van der Waals surface area contributed by atoms with Crippen LogP contribution in [0.15, 0.2) is 49.6 Å². The van der Waals surface area contributed by atoms with Crippen LogP contribution in [0.4, 0.5) is 13.2 Å². The van der Waals surface area contributed by atoms with E-state index in [1.807, 2.05) is 47.9 Å². The molecule has 0 bridgehead atoms. The monoisotopic (exact) mass is 470 g/mol. The zero-order valence-electron chi connectivity index (χ0n) is 22.0. The van der Waals surface area contributed by atoms with Crippen LogP contribution in [-0.4, -0.2) is 44.3 Å². The maximum Gasteiger partial charge on any atom is 0.393 e. The van der Waals surface area contributed by atoms with E-state index in [0.717, 1.165) is 18.4 Å². The smallest absolute Gasteiger partial charge is 0.323 e. The Labute approximate surface area is 202 Å². The fourth-order valence-corrected chi connectivity index (χ4v) is 4.09. The van der Waals surface area contributed by atoms with E-state index in [1.165, 1.54) is 38.8 Å². The molecule has 0 amide bonds. The predicted octanol–water partition coefficient (Wildman–Crippen LogP) is 8.16. The Bertz CT molecular complexity index is 587. The molecule has 0 spiro atoms. The summed E-state index contributed by atoms with van der Waals surface area (Å²) in [5.41, 5.74) is 1.50. The van der Waals surface area contributed by atoms with Crippen molar-refractivity contribution in [2.24, 2.45) is 0 Å². The summed E-state index contributed by atoms with van der Waals surface area (Å²) < 4.78 is 37.7. The van der Waals surface area contributed by atoms with E-state index < -0.39 is 12.6 Å². The lowest BCUT2D eigenvalue weighted by molar-refractivity contribution is -0.127. The molecule has 192 valence electrons. The number of alkyl halides is 3. The number of nitrogens with zero attached hydrogens (tertiary/aromatic N) is 1. The van der Waals surface area contributed by atoms with Crippen molar-refractivity contribution in [3.63, 3.8) is 0 Å². The Morgan fingerprint density at radius 1 is 0.970 bits per heavy atom. The molecule has 3 rings (SSSR count). The average molecular weight is 471 g/mol. The van der Waals surface area contributed by atoms with Gasteiger partial charge in [0.2, 0.25) is 0 Å². The van der Waals surface area contributed by atoms with Crippen LogP contribution in [0.1, 0.15) is 83.3 Å². The van der Waals surface area contributed by atoms with Crippen LogP contribution in [0.25, 0.3) is 0 Å². The topological polar surface area (TPSA) is 15.3 Å². The van der Waals surface area contributed by atoms with Crippen molar-refractivity contribution in [3.05, 3.63) is 60.7 Å². The summed E-state index contributed by atoms with van der Waals surface area (Å²) >= 11 is 0. The molecule has 2 atom stereocenters. The second-order valence-electron chi connectivity index (χ2n) is 7.77. The minimum Gasteiger partial charge on any atom is -0.323 e. The molecule has 1 aliphatic carbocycles. The van der Waals surface area contributed by atoms with E-state index in [9.17, 15) is 13.2 Å². The van der Waals surface area contributed by atoms with E-state index in [-0.39, 0.29) is 0 Å².